The molecule has 0 amide bonds. The molecule has 0 unspecified atom stereocenters. The molecule has 2 rings (SSSR count). The molecule has 0 saturated carbocycles. The molecule has 2 aromatic rings. The number of carbonyl (C=O) groups is 1. The Morgan fingerprint density at radius 2 is 1.67 bits per heavy atom. The van der Waals surface area contributed by atoms with Gasteiger partial charge in [-0.3, -0.25) is 4.79 Å². The zero-order valence-corrected chi connectivity index (χ0v) is 12.2. The van der Waals surface area contributed by atoms with Crippen LogP contribution < -0.4 is 0 Å². The van der Waals surface area contributed by atoms with Crippen molar-refractivity contribution in [1.82, 2.24) is 0 Å². The van der Waals surface area contributed by atoms with Gasteiger partial charge in [-0.2, -0.15) is 0 Å². The van der Waals surface area contributed by atoms with Gasteiger partial charge in [-0.05, 0) is 35.0 Å². The number of rotatable bonds is 1. The second kappa shape index (κ2) is 4.36. The van der Waals surface area contributed by atoms with Crippen LogP contribution in [0.25, 0.3) is 10.8 Å². The molecule has 0 fully saturated rings. The molecule has 15 heavy (non-hydrogen) atoms. The first-order chi connectivity index (χ1) is 7.11. The van der Waals surface area contributed by atoms with E-state index < -0.39 is 0 Å². The Bertz CT molecular complexity index is 549. The Morgan fingerprint density at radius 1 is 0.933 bits per heavy atom. The minimum Gasteiger partial charge on any atom is -0.298 e. The summed E-state index contributed by atoms with van der Waals surface area (Å²) in [6.45, 7) is 0. The largest absolute Gasteiger partial charge is 0.298 e. The van der Waals surface area contributed by atoms with E-state index in [2.05, 4.69) is 47.8 Å². The van der Waals surface area contributed by atoms with Crippen molar-refractivity contribution < 1.29 is 4.79 Å². The fourth-order valence-corrected chi connectivity index (χ4v) is 3.22. The molecule has 2 aromatic carbocycles. The van der Waals surface area contributed by atoms with Gasteiger partial charge in [0.25, 0.3) is 0 Å². The Balaban J connectivity index is 2.87. The molecule has 0 aliphatic heterocycles. The summed E-state index contributed by atoms with van der Waals surface area (Å²) in [5, 5.41) is 2.11. The van der Waals surface area contributed by atoms with E-state index in [-0.39, 0.29) is 0 Å². The van der Waals surface area contributed by atoms with Crippen LogP contribution in [0.2, 0.25) is 0 Å². The summed E-state index contributed by atoms with van der Waals surface area (Å²) < 4.78 is 2.80. The molecule has 0 spiro atoms. The summed E-state index contributed by atoms with van der Waals surface area (Å²) >= 11 is 10.3. The van der Waals surface area contributed by atoms with E-state index in [1.54, 1.807) is 0 Å². The highest BCUT2D eigenvalue weighted by Gasteiger charge is 2.05. The molecule has 0 aromatic heterocycles. The second-order valence-corrected chi connectivity index (χ2v) is 5.72. The number of halogens is 3. The summed E-state index contributed by atoms with van der Waals surface area (Å²) in [4.78, 5) is 10.8. The van der Waals surface area contributed by atoms with Crippen LogP contribution >= 0.6 is 47.8 Å². The summed E-state index contributed by atoms with van der Waals surface area (Å²) in [5.74, 6) is 0. The fraction of sp³-hybridized carbons (Fsp3) is 0. The van der Waals surface area contributed by atoms with Crippen LogP contribution in [-0.4, -0.2) is 6.29 Å². The summed E-state index contributed by atoms with van der Waals surface area (Å²) in [7, 11) is 0. The molecular weight excluding hydrogens is 388 g/mol. The van der Waals surface area contributed by atoms with Crippen molar-refractivity contribution in [3.05, 3.63) is 43.2 Å². The third-order valence-corrected chi connectivity index (χ3v) is 3.91. The van der Waals surface area contributed by atoms with Gasteiger partial charge >= 0.3 is 0 Å². The van der Waals surface area contributed by atoms with Crippen molar-refractivity contribution in [1.29, 1.82) is 0 Å². The minimum atomic E-state index is 0.660. The Morgan fingerprint density at radius 3 is 2.33 bits per heavy atom. The van der Waals surface area contributed by atoms with Crippen LogP contribution in [0, 0.1) is 0 Å². The monoisotopic (exact) mass is 390 g/mol. The van der Waals surface area contributed by atoms with Crippen molar-refractivity contribution >= 4 is 64.8 Å². The number of carbonyl (C=O) groups excluding carboxylic acids is 1. The van der Waals surface area contributed by atoms with Crippen LogP contribution in [0.5, 0.6) is 0 Å². The van der Waals surface area contributed by atoms with E-state index in [1.807, 2.05) is 24.3 Å². The molecule has 0 saturated heterocycles. The van der Waals surface area contributed by atoms with Crippen LogP contribution in [0.4, 0.5) is 0 Å². The standard InChI is InChI=1S/C11H5Br3O/c12-8-2-6-1-7(5-15)10(13)4-9(6)11(14)3-8/h1-5H. The van der Waals surface area contributed by atoms with Gasteiger partial charge < -0.3 is 0 Å². The molecule has 0 radical (unpaired) electrons. The Labute approximate surface area is 112 Å². The third-order valence-electron chi connectivity index (χ3n) is 2.11. The highest BCUT2D eigenvalue weighted by molar-refractivity contribution is 9.11. The third kappa shape index (κ3) is 2.17. The van der Waals surface area contributed by atoms with Crippen LogP contribution in [0.3, 0.4) is 0 Å². The number of hydrogen-bond acceptors (Lipinski definition) is 1. The maximum atomic E-state index is 10.8. The average molecular weight is 393 g/mol. The average Bonchev–Trinajstić information content (AvgIpc) is 2.18. The maximum absolute atomic E-state index is 10.8. The molecule has 0 N–H and O–H groups in total. The van der Waals surface area contributed by atoms with Crippen LogP contribution in [-0.2, 0) is 0 Å². The van der Waals surface area contributed by atoms with Gasteiger partial charge in [-0.15, -0.1) is 0 Å². The lowest BCUT2D eigenvalue weighted by Gasteiger charge is -2.05. The van der Waals surface area contributed by atoms with Gasteiger partial charge in [-0.1, -0.05) is 47.8 Å². The Hall–Kier alpha value is -0.190. The van der Waals surface area contributed by atoms with E-state index in [9.17, 15) is 4.79 Å². The molecule has 0 aliphatic rings. The first kappa shape index (κ1) is 11.3. The lowest BCUT2D eigenvalue weighted by atomic mass is 10.1. The molecule has 0 aliphatic carbocycles. The molecule has 0 atom stereocenters. The molecular formula is C11H5Br3O. The molecule has 1 nitrogen and oxygen atoms in total. The zero-order valence-electron chi connectivity index (χ0n) is 7.43. The highest BCUT2D eigenvalue weighted by atomic mass is 79.9. The van der Waals surface area contributed by atoms with Gasteiger partial charge in [0.2, 0.25) is 0 Å². The summed E-state index contributed by atoms with van der Waals surface area (Å²) in [6, 6.07) is 7.77. The number of benzene rings is 2. The molecule has 0 bridgehead atoms. The van der Waals surface area contributed by atoms with Crippen molar-refractivity contribution in [2.75, 3.05) is 0 Å². The quantitative estimate of drug-likeness (QED) is 0.628. The van der Waals surface area contributed by atoms with Crippen LogP contribution in [0.1, 0.15) is 10.4 Å². The minimum absolute atomic E-state index is 0.660. The van der Waals surface area contributed by atoms with Crippen molar-refractivity contribution in [3.63, 3.8) is 0 Å². The summed E-state index contributed by atoms with van der Waals surface area (Å²) in [6.07, 6.45) is 0.846. The van der Waals surface area contributed by atoms with E-state index >= 15 is 0 Å². The van der Waals surface area contributed by atoms with E-state index in [1.165, 1.54) is 0 Å². The number of aldehydes is 1. The van der Waals surface area contributed by atoms with Gasteiger partial charge in [0.05, 0.1) is 0 Å². The molecule has 0 heterocycles. The van der Waals surface area contributed by atoms with E-state index in [0.717, 1.165) is 30.5 Å². The van der Waals surface area contributed by atoms with Gasteiger partial charge in [-0.25, -0.2) is 0 Å². The predicted molar refractivity (Wildman–Crippen MR) is 72.4 cm³/mol. The number of fused-ring (bicyclic) bond motifs is 1. The van der Waals surface area contributed by atoms with Crippen LogP contribution in [0.15, 0.2) is 37.7 Å². The lowest BCUT2D eigenvalue weighted by molar-refractivity contribution is 0.112. The normalized spacial score (nSPS) is 10.6. The summed E-state index contributed by atoms with van der Waals surface area (Å²) in [5.41, 5.74) is 0.660. The zero-order chi connectivity index (χ0) is 11.0. The number of hydrogen-bond donors (Lipinski definition) is 0. The first-order valence-electron chi connectivity index (χ1n) is 4.15. The van der Waals surface area contributed by atoms with Crippen molar-refractivity contribution in [3.8, 4) is 0 Å². The highest BCUT2D eigenvalue weighted by Crippen LogP contribution is 2.32. The topological polar surface area (TPSA) is 17.1 Å². The second-order valence-electron chi connectivity index (χ2n) is 3.10. The first-order valence-corrected chi connectivity index (χ1v) is 6.53. The predicted octanol–water partition coefficient (Wildman–Crippen LogP) is 4.94. The van der Waals surface area contributed by atoms with Crippen molar-refractivity contribution in [2.45, 2.75) is 0 Å². The smallest absolute Gasteiger partial charge is 0.151 e. The van der Waals surface area contributed by atoms with E-state index in [0.29, 0.717) is 5.56 Å². The maximum Gasteiger partial charge on any atom is 0.151 e. The van der Waals surface area contributed by atoms with Gasteiger partial charge in [0.15, 0.2) is 6.29 Å². The fourth-order valence-electron chi connectivity index (χ4n) is 1.41. The van der Waals surface area contributed by atoms with Crippen molar-refractivity contribution in [2.24, 2.45) is 0 Å². The van der Waals surface area contributed by atoms with Gasteiger partial charge in [0.1, 0.15) is 0 Å². The Kier molecular flexibility index (Phi) is 3.28. The SMILES string of the molecule is O=Cc1cc2cc(Br)cc(Br)c2cc1Br. The molecule has 76 valence electrons. The van der Waals surface area contributed by atoms with E-state index in [4.69, 9.17) is 0 Å². The lowest BCUT2D eigenvalue weighted by Crippen LogP contribution is -1.84. The molecule has 4 heteroatoms. The van der Waals surface area contributed by atoms with Gasteiger partial charge in [0, 0.05) is 19.0 Å².